The Bertz CT molecular complexity index is 1720. The van der Waals surface area contributed by atoms with Gasteiger partial charge in [0.15, 0.2) is 16.7 Å². The predicted octanol–water partition coefficient (Wildman–Crippen LogP) is 6.83. The normalized spacial score (nSPS) is 15.6. The van der Waals surface area contributed by atoms with E-state index in [1.165, 1.54) is 35.9 Å². The van der Waals surface area contributed by atoms with Gasteiger partial charge in [0.1, 0.15) is 0 Å². The van der Waals surface area contributed by atoms with E-state index in [4.69, 9.17) is 4.74 Å². The number of fused-ring (bicyclic) bond motifs is 1. The standard InChI is InChI=1S/C29H25F3N6O2S/c1-37-11-3-5-23(37)20-4-2-10-33-27(20)40-24-8-6-17(12-21(24)30)13-26(39)36-29-35-22-14-18(7-9-25(22)41-29)19-15-34-38(16-19)28(31)32/h2,4,6-10,12,14-16,23,28H,3,5,11,13H2,1H3,(H,35,36,39). The zero-order valence-electron chi connectivity index (χ0n) is 21.9. The van der Waals surface area contributed by atoms with Gasteiger partial charge in [0.05, 0.1) is 22.8 Å². The van der Waals surface area contributed by atoms with Crippen LogP contribution >= 0.6 is 11.3 Å². The van der Waals surface area contributed by atoms with E-state index in [-0.39, 0.29) is 24.1 Å². The second-order valence-corrected chi connectivity index (χ2v) is 10.8. The molecule has 5 aromatic rings. The highest BCUT2D eigenvalue weighted by molar-refractivity contribution is 7.22. The molecule has 1 fully saturated rings. The van der Waals surface area contributed by atoms with E-state index < -0.39 is 12.4 Å². The van der Waals surface area contributed by atoms with Crippen molar-refractivity contribution in [1.29, 1.82) is 0 Å². The van der Waals surface area contributed by atoms with Crippen LogP contribution in [0.25, 0.3) is 21.3 Å². The van der Waals surface area contributed by atoms with E-state index in [0.29, 0.717) is 37.9 Å². The topological polar surface area (TPSA) is 85.2 Å². The van der Waals surface area contributed by atoms with Crippen molar-refractivity contribution in [3.63, 3.8) is 0 Å². The number of alkyl halides is 2. The monoisotopic (exact) mass is 578 g/mol. The Morgan fingerprint density at radius 3 is 2.83 bits per heavy atom. The number of hydrogen-bond donors (Lipinski definition) is 1. The summed E-state index contributed by atoms with van der Waals surface area (Å²) in [6.45, 7) is -1.73. The van der Waals surface area contributed by atoms with Crippen LogP contribution in [-0.4, -0.2) is 44.1 Å². The number of likely N-dealkylation sites (tertiary alicyclic amines) is 1. The maximum atomic E-state index is 15.0. The highest BCUT2D eigenvalue weighted by Crippen LogP contribution is 2.37. The van der Waals surface area contributed by atoms with Crippen LogP contribution in [0.4, 0.5) is 18.3 Å². The number of carbonyl (C=O) groups excluding carboxylic acids is 1. The molecule has 0 bridgehead atoms. The van der Waals surface area contributed by atoms with E-state index in [1.807, 2.05) is 18.2 Å². The zero-order valence-corrected chi connectivity index (χ0v) is 22.7. The Morgan fingerprint density at radius 2 is 2.07 bits per heavy atom. The highest BCUT2D eigenvalue weighted by atomic mass is 32.1. The minimum Gasteiger partial charge on any atom is -0.436 e. The molecule has 1 aliphatic heterocycles. The Hall–Kier alpha value is -4.29. The number of halogens is 3. The summed E-state index contributed by atoms with van der Waals surface area (Å²) in [7, 11) is 2.05. The number of anilines is 1. The number of benzene rings is 2. The van der Waals surface area contributed by atoms with Gasteiger partial charge in [0, 0.05) is 29.6 Å². The number of nitrogens with one attached hydrogen (secondary N) is 1. The fourth-order valence-corrected chi connectivity index (χ4v) is 5.85. The number of amides is 1. The van der Waals surface area contributed by atoms with Crippen LogP contribution in [0, 0.1) is 5.82 Å². The first kappa shape index (κ1) is 26.9. The molecule has 0 saturated carbocycles. The van der Waals surface area contributed by atoms with E-state index in [2.05, 4.69) is 32.3 Å². The Labute approximate surface area is 237 Å². The Morgan fingerprint density at radius 1 is 1.20 bits per heavy atom. The molecule has 0 aliphatic carbocycles. The number of hydrogen-bond acceptors (Lipinski definition) is 7. The summed E-state index contributed by atoms with van der Waals surface area (Å²) in [6, 6.07) is 13.7. The SMILES string of the molecule is CN1CCCC1c1cccnc1Oc1ccc(CC(=O)Nc2nc3cc(-c4cnn(C(F)F)c4)ccc3s2)cc1F. The number of rotatable bonds is 8. The zero-order chi connectivity index (χ0) is 28.5. The van der Waals surface area contributed by atoms with Crippen LogP contribution < -0.4 is 10.1 Å². The number of carbonyl (C=O) groups is 1. The molecule has 1 N–H and O–H groups in total. The number of aromatic nitrogens is 4. The largest absolute Gasteiger partial charge is 0.436 e. The van der Waals surface area contributed by atoms with Crippen LogP contribution in [-0.2, 0) is 11.2 Å². The average molecular weight is 579 g/mol. The third kappa shape index (κ3) is 5.79. The summed E-state index contributed by atoms with van der Waals surface area (Å²) in [4.78, 5) is 23.8. The first-order chi connectivity index (χ1) is 19.8. The third-order valence-corrected chi connectivity index (χ3v) is 7.97. The van der Waals surface area contributed by atoms with Gasteiger partial charge in [-0.05, 0) is 67.9 Å². The van der Waals surface area contributed by atoms with E-state index >= 15 is 4.39 Å². The van der Waals surface area contributed by atoms with Crippen molar-refractivity contribution >= 4 is 32.6 Å². The molecule has 0 spiro atoms. The maximum Gasteiger partial charge on any atom is 0.333 e. The van der Waals surface area contributed by atoms with Crippen molar-refractivity contribution in [2.45, 2.75) is 31.9 Å². The summed E-state index contributed by atoms with van der Waals surface area (Å²) < 4.78 is 48.0. The molecule has 0 radical (unpaired) electrons. The van der Waals surface area contributed by atoms with Crippen LogP contribution in [0.1, 0.15) is 36.6 Å². The van der Waals surface area contributed by atoms with Crippen LogP contribution in [0.15, 0.2) is 67.1 Å². The minimum atomic E-state index is -2.72. The van der Waals surface area contributed by atoms with Gasteiger partial charge in [-0.2, -0.15) is 13.9 Å². The Balaban J connectivity index is 1.12. The minimum absolute atomic E-state index is 0.0378. The predicted molar refractivity (Wildman–Crippen MR) is 150 cm³/mol. The van der Waals surface area contributed by atoms with Crippen molar-refractivity contribution in [1.82, 2.24) is 24.6 Å². The van der Waals surface area contributed by atoms with Crippen molar-refractivity contribution < 1.29 is 22.7 Å². The second kappa shape index (κ2) is 11.3. The lowest BCUT2D eigenvalue weighted by atomic mass is 10.1. The fourth-order valence-electron chi connectivity index (χ4n) is 4.99. The molecule has 1 atom stereocenters. The molecule has 12 heteroatoms. The molecular weight excluding hydrogens is 553 g/mol. The van der Waals surface area contributed by atoms with E-state index in [9.17, 15) is 13.6 Å². The number of ether oxygens (including phenoxy) is 1. The average Bonchev–Trinajstić information content (AvgIpc) is 3.69. The Kier molecular flexibility index (Phi) is 7.41. The molecule has 3 aromatic heterocycles. The first-order valence-corrected chi connectivity index (χ1v) is 13.8. The van der Waals surface area contributed by atoms with Gasteiger partial charge in [-0.15, -0.1) is 0 Å². The summed E-state index contributed by atoms with van der Waals surface area (Å²) in [5.41, 5.74) is 3.21. The molecule has 1 unspecified atom stereocenters. The first-order valence-electron chi connectivity index (χ1n) is 13.0. The maximum absolute atomic E-state index is 15.0. The lowest BCUT2D eigenvalue weighted by molar-refractivity contribution is -0.115. The van der Waals surface area contributed by atoms with Gasteiger partial charge >= 0.3 is 6.55 Å². The second-order valence-electron chi connectivity index (χ2n) is 9.82. The summed E-state index contributed by atoms with van der Waals surface area (Å²) in [5.74, 6) is -0.533. The number of pyridine rings is 1. The molecule has 6 rings (SSSR count). The molecule has 41 heavy (non-hydrogen) atoms. The van der Waals surface area contributed by atoms with Crippen LogP contribution in [0.5, 0.6) is 11.6 Å². The van der Waals surface area contributed by atoms with Crippen molar-refractivity contribution in [3.8, 4) is 22.8 Å². The summed E-state index contributed by atoms with van der Waals surface area (Å²) in [5, 5.41) is 6.80. The van der Waals surface area contributed by atoms with E-state index in [1.54, 1.807) is 24.4 Å². The lowest BCUT2D eigenvalue weighted by Gasteiger charge is -2.21. The van der Waals surface area contributed by atoms with Gasteiger partial charge in [-0.1, -0.05) is 29.5 Å². The quantitative estimate of drug-likeness (QED) is 0.217. The molecule has 4 heterocycles. The van der Waals surface area contributed by atoms with Gasteiger partial charge in [0.2, 0.25) is 11.8 Å². The molecule has 1 amide bonds. The molecule has 2 aromatic carbocycles. The lowest BCUT2D eigenvalue weighted by Crippen LogP contribution is -2.18. The van der Waals surface area contributed by atoms with Gasteiger partial charge in [0.25, 0.3) is 0 Å². The molecular formula is C29H25F3N6O2S. The summed E-state index contributed by atoms with van der Waals surface area (Å²) >= 11 is 1.28. The molecule has 210 valence electrons. The third-order valence-electron chi connectivity index (χ3n) is 7.02. The molecule has 8 nitrogen and oxygen atoms in total. The van der Waals surface area contributed by atoms with Crippen molar-refractivity contribution in [3.05, 3.63) is 84.1 Å². The summed E-state index contributed by atoms with van der Waals surface area (Å²) in [6.07, 6.45) is 6.25. The van der Waals surface area contributed by atoms with Crippen molar-refractivity contribution in [2.75, 3.05) is 18.9 Å². The highest BCUT2D eigenvalue weighted by Gasteiger charge is 2.26. The van der Waals surface area contributed by atoms with Gasteiger partial charge in [-0.25, -0.2) is 19.0 Å². The fraction of sp³-hybridized carbons (Fsp3) is 0.241. The molecule has 1 saturated heterocycles. The van der Waals surface area contributed by atoms with E-state index in [0.717, 1.165) is 29.6 Å². The molecule has 1 aliphatic rings. The van der Waals surface area contributed by atoms with Crippen LogP contribution in [0.2, 0.25) is 0 Å². The van der Waals surface area contributed by atoms with Crippen LogP contribution in [0.3, 0.4) is 0 Å². The van der Waals surface area contributed by atoms with Gasteiger partial charge < -0.3 is 10.1 Å². The van der Waals surface area contributed by atoms with Gasteiger partial charge in [-0.3, -0.25) is 9.69 Å². The van der Waals surface area contributed by atoms with Crippen molar-refractivity contribution in [2.24, 2.45) is 0 Å². The number of thiazole rings is 1. The smallest absolute Gasteiger partial charge is 0.333 e. The number of nitrogens with zero attached hydrogens (tertiary/aromatic N) is 5.